The Bertz CT molecular complexity index is 733. The van der Waals surface area contributed by atoms with E-state index in [1.807, 2.05) is 13.2 Å². The lowest BCUT2D eigenvalue weighted by Gasteiger charge is -2.24. The molecule has 1 N–H and O–H groups in total. The Hall–Kier alpha value is -2.36. The van der Waals surface area contributed by atoms with Gasteiger partial charge in [0.25, 0.3) is 0 Å². The smallest absolute Gasteiger partial charge is 0.244 e. The molecular formula is C21H29N3O. The minimum absolute atomic E-state index is 0.0138. The van der Waals surface area contributed by atoms with E-state index in [4.69, 9.17) is 0 Å². The normalized spacial score (nSPS) is 13.4. The number of nitrogens with one attached hydrogen (secondary N) is 1. The summed E-state index contributed by atoms with van der Waals surface area (Å²) in [6.07, 6.45) is 6.95. The maximum absolute atomic E-state index is 12.3. The first-order valence-corrected chi connectivity index (χ1v) is 8.74. The summed E-state index contributed by atoms with van der Waals surface area (Å²) >= 11 is 0. The number of rotatable bonds is 5. The van der Waals surface area contributed by atoms with Crippen molar-refractivity contribution in [2.75, 3.05) is 0 Å². The summed E-state index contributed by atoms with van der Waals surface area (Å²) in [4.78, 5) is 12.3. The summed E-state index contributed by atoms with van der Waals surface area (Å²) in [6.45, 7) is 10.8. The molecule has 0 fully saturated rings. The fraction of sp³-hybridized carbons (Fsp3) is 0.429. The molecule has 0 saturated heterocycles. The van der Waals surface area contributed by atoms with Crippen molar-refractivity contribution in [2.45, 2.75) is 46.1 Å². The van der Waals surface area contributed by atoms with E-state index < -0.39 is 0 Å². The Labute approximate surface area is 150 Å². The van der Waals surface area contributed by atoms with Crippen LogP contribution in [0.25, 0.3) is 6.08 Å². The highest BCUT2D eigenvalue weighted by molar-refractivity contribution is 5.91. The maximum atomic E-state index is 12.3. The van der Waals surface area contributed by atoms with Gasteiger partial charge in [0.15, 0.2) is 0 Å². The number of aromatic nitrogens is 2. The molecule has 0 aliphatic carbocycles. The summed E-state index contributed by atoms with van der Waals surface area (Å²) in [5.74, 6) is 0.207. The standard InChI is InChI=1S/C21H29N3O/c1-15(2)20(17-8-10-18(11-9-17)21(3,4)5)23-19(25)12-7-16-13-22-24(6)14-16/h7-15,20H,1-6H3,(H,23,25)/b12-7+. The molecule has 1 heterocycles. The van der Waals surface area contributed by atoms with Gasteiger partial charge < -0.3 is 5.32 Å². The third-order valence-corrected chi connectivity index (χ3v) is 4.25. The fourth-order valence-corrected chi connectivity index (χ4v) is 2.72. The number of aryl methyl sites for hydroxylation is 1. The zero-order chi connectivity index (χ0) is 18.6. The SMILES string of the molecule is CC(C)C(NC(=O)/C=C/c1cnn(C)c1)c1ccc(C(C)(C)C)cc1. The van der Waals surface area contributed by atoms with Crippen LogP contribution in [0.5, 0.6) is 0 Å². The fourth-order valence-electron chi connectivity index (χ4n) is 2.72. The number of nitrogens with zero attached hydrogens (tertiary/aromatic N) is 2. The van der Waals surface area contributed by atoms with Crippen LogP contribution in [0.3, 0.4) is 0 Å². The molecule has 4 nitrogen and oxygen atoms in total. The molecule has 1 aromatic carbocycles. The quantitative estimate of drug-likeness (QED) is 0.828. The molecule has 4 heteroatoms. The van der Waals surface area contributed by atoms with E-state index in [0.29, 0.717) is 5.92 Å². The predicted molar refractivity (Wildman–Crippen MR) is 103 cm³/mol. The largest absolute Gasteiger partial charge is 0.345 e. The minimum atomic E-state index is -0.0950. The van der Waals surface area contributed by atoms with Crippen molar-refractivity contribution < 1.29 is 4.79 Å². The van der Waals surface area contributed by atoms with Crippen LogP contribution in [0.1, 0.15) is 57.4 Å². The van der Waals surface area contributed by atoms with E-state index in [2.05, 4.69) is 69.3 Å². The van der Waals surface area contributed by atoms with Gasteiger partial charge in [0, 0.05) is 24.9 Å². The van der Waals surface area contributed by atoms with Crippen molar-refractivity contribution in [1.29, 1.82) is 0 Å². The number of carbonyl (C=O) groups is 1. The molecule has 2 aromatic rings. The molecule has 2 rings (SSSR count). The average molecular weight is 339 g/mol. The highest BCUT2D eigenvalue weighted by atomic mass is 16.1. The average Bonchev–Trinajstić information content (AvgIpc) is 2.95. The lowest BCUT2D eigenvalue weighted by atomic mass is 9.85. The highest BCUT2D eigenvalue weighted by Gasteiger charge is 2.19. The second kappa shape index (κ2) is 7.68. The Morgan fingerprint density at radius 3 is 2.32 bits per heavy atom. The zero-order valence-corrected chi connectivity index (χ0v) is 16.1. The maximum Gasteiger partial charge on any atom is 0.244 e. The number of amides is 1. The Morgan fingerprint density at radius 1 is 1.20 bits per heavy atom. The first kappa shape index (κ1) is 19.0. The molecule has 134 valence electrons. The van der Waals surface area contributed by atoms with E-state index in [-0.39, 0.29) is 17.4 Å². The first-order chi connectivity index (χ1) is 11.7. The van der Waals surface area contributed by atoms with Crippen molar-refractivity contribution in [1.82, 2.24) is 15.1 Å². The Balaban J connectivity index is 2.10. The van der Waals surface area contributed by atoms with Crippen molar-refractivity contribution in [2.24, 2.45) is 13.0 Å². The van der Waals surface area contributed by atoms with Crippen molar-refractivity contribution >= 4 is 12.0 Å². The van der Waals surface area contributed by atoms with Gasteiger partial charge in [-0.1, -0.05) is 58.9 Å². The topological polar surface area (TPSA) is 46.9 Å². The summed E-state index contributed by atoms with van der Waals surface area (Å²) in [5.41, 5.74) is 3.46. The Morgan fingerprint density at radius 2 is 1.84 bits per heavy atom. The number of benzene rings is 1. The molecule has 1 amide bonds. The van der Waals surface area contributed by atoms with Gasteiger partial charge in [-0.3, -0.25) is 9.48 Å². The molecular weight excluding hydrogens is 310 g/mol. The highest BCUT2D eigenvalue weighted by Crippen LogP contribution is 2.26. The van der Waals surface area contributed by atoms with Crippen LogP contribution < -0.4 is 5.32 Å². The zero-order valence-electron chi connectivity index (χ0n) is 16.1. The van der Waals surface area contributed by atoms with Crippen LogP contribution in [0.15, 0.2) is 42.7 Å². The number of hydrogen-bond donors (Lipinski definition) is 1. The predicted octanol–water partition coefficient (Wildman–Crippen LogP) is 4.24. The second-order valence-corrected chi connectivity index (χ2v) is 7.88. The van der Waals surface area contributed by atoms with E-state index >= 15 is 0 Å². The van der Waals surface area contributed by atoms with E-state index in [1.165, 1.54) is 5.56 Å². The molecule has 25 heavy (non-hydrogen) atoms. The van der Waals surface area contributed by atoms with E-state index in [0.717, 1.165) is 11.1 Å². The third kappa shape index (κ3) is 5.31. The summed E-state index contributed by atoms with van der Waals surface area (Å²) in [6, 6.07) is 8.54. The van der Waals surface area contributed by atoms with Gasteiger partial charge in [-0.15, -0.1) is 0 Å². The molecule has 0 aliphatic rings. The molecule has 0 aliphatic heterocycles. The lowest BCUT2D eigenvalue weighted by Crippen LogP contribution is -2.30. The third-order valence-electron chi connectivity index (χ3n) is 4.25. The van der Waals surface area contributed by atoms with Gasteiger partial charge in [0.05, 0.1) is 12.2 Å². The summed E-state index contributed by atoms with van der Waals surface area (Å²) in [5, 5.41) is 7.21. The summed E-state index contributed by atoms with van der Waals surface area (Å²) in [7, 11) is 1.85. The number of carbonyl (C=O) groups excluding carboxylic acids is 1. The molecule has 1 unspecified atom stereocenters. The molecule has 0 saturated carbocycles. The number of hydrogen-bond acceptors (Lipinski definition) is 2. The first-order valence-electron chi connectivity index (χ1n) is 8.74. The van der Waals surface area contributed by atoms with Crippen molar-refractivity contribution in [3.05, 3.63) is 59.4 Å². The van der Waals surface area contributed by atoms with Crippen LogP contribution in [0, 0.1) is 5.92 Å². The monoisotopic (exact) mass is 339 g/mol. The van der Waals surface area contributed by atoms with Crippen LogP contribution in [0.4, 0.5) is 0 Å². The van der Waals surface area contributed by atoms with Crippen LogP contribution in [-0.2, 0) is 17.3 Å². The van der Waals surface area contributed by atoms with Gasteiger partial charge in [0.1, 0.15) is 0 Å². The van der Waals surface area contributed by atoms with Crippen LogP contribution in [-0.4, -0.2) is 15.7 Å². The molecule has 1 atom stereocenters. The second-order valence-electron chi connectivity index (χ2n) is 7.88. The van der Waals surface area contributed by atoms with Crippen LogP contribution >= 0.6 is 0 Å². The summed E-state index contributed by atoms with van der Waals surface area (Å²) < 4.78 is 1.71. The van der Waals surface area contributed by atoms with Crippen molar-refractivity contribution in [3.63, 3.8) is 0 Å². The van der Waals surface area contributed by atoms with Crippen LogP contribution in [0.2, 0.25) is 0 Å². The van der Waals surface area contributed by atoms with Gasteiger partial charge in [-0.05, 0) is 28.5 Å². The molecule has 1 aromatic heterocycles. The van der Waals surface area contributed by atoms with Gasteiger partial charge >= 0.3 is 0 Å². The molecule has 0 spiro atoms. The van der Waals surface area contributed by atoms with Crippen molar-refractivity contribution in [3.8, 4) is 0 Å². The van der Waals surface area contributed by atoms with E-state index in [9.17, 15) is 4.79 Å². The minimum Gasteiger partial charge on any atom is -0.345 e. The Kier molecular flexibility index (Phi) is 5.83. The lowest BCUT2D eigenvalue weighted by molar-refractivity contribution is -0.117. The molecule has 0 bridgehead atoms. The van der Waals surface area contributed by atoms with E-state index in [1.54, 1.807) is 23.0 Å². The van der Waals surface area contributed by atoms with Gasteiger partial charge in [-0.25, -0.2) is 0 Å². The van der Waals surface area contributed by atoms with Gasteiger partial charge in [0.2, 0.25) is 5.91 Å². The molecule has 0 radical (unpaired) electrons. The van der Waals surface area contributed by atoms with Gasteiger partial charge in [-0.2, -0.15) is 5.10 Å².